The van der Waals surface area contributed by atoms with Gasteiger partial charge in [0.05, 0.1) is 17.9 Å². The van der Waals surface area contributed by atoms with Gasteiger partial charge in [0, 0.05) is 25.7 Å². The van der Waals surface area contributed by atoms with Crippen molar-refractivity contribution in [2.45, 2.75) is 72.1 Å². The van der Waals surface area contributed by atoms with Gasteiger partial charge in [-0.1, -0.05) is 51.9 Å². The highest BCUT2D eigenvalue weighted by atomic mass is 32.1. The number of aryl methyl sites for hydroxylation is 1. The van der Waals surface area contributed by atoms with Crippen LogP contribution < -0.4 is 5.56 Å². The van der Waals surface area contributed by atoms with E-state index in [9.17, 15) is 4.79 Å². The van der Waals surface area contributed by atoms with Crippen molar-refractivity contribution in [3.63, 3.8) is 0 Å². The summed E-state index contributed by atoms with van der Waals surface area (Å²) in [6.07, 6.45) is 4.81. The zero-order chi connectivity index (χ0) is 18.7. The molecule has 3 rings (SSSR count). The third-order valence-corrected chi connectivity index (χ3v) is 5.97. The molecule has 2 atom stereocenters. The van der Waals surface area contributed by atoms with E-state index in [1.165, 1.54) is 28.7 Å². The Morgan fingerprint density at radius 1 is 1.35 bits per heavy atom. The van der Waals surface area contributed by atoms with E-state index >= 15 is 0 Å². The highest BCUT2D eigenvalue weighted by Crippen LogP contribution is 2.22. The van der Waals surface area contributed by atoms with Gasteiger partial charge in [0.2, 0.25) is 4.96 Å². The van der Waals surface area contributed by atoms with Crippen LogP contribution in [-0.2, 0) is 17.7 Å². The van der Waals surface area contributed by atoms with Crippen molar-refractivity contribution in [1.82, 2.24) is 19.5 Å². The monoisotopic (exact) mass is 378 g/mol. The molecule has 144 valence electrons. The summed E-state index contributed by atoms with van der Waals surface area (Å²) in [5, 5.41) is 5.27. The quantitative estimate of drug-likeness (QED) is 0.741. The summed E-state index contributed by atoms with van der Waals surface area (Å²) < 4.78 is 7.72. The third kappa shape index (κ3) is 4.50. The Labute approximate surface area is 159 Å². The minimum absolute atomic E-state index is 0.0860. The lowest BCUT2D eigenvalue weighted by Gasteiger charge is -2.39. The number of ether oxygens (including phenoxy) is 1. The maximum Gasteiger partial charge on any atom is 0.275 e. The van der Waals surface area contributed by atoms with E-state index in [0.29, 0.717) is 17.4 Å². The average Bonchev–Trinajstić information content (AvgIpc) is 3.03. The molecule has 0 radical (unpaired) electrons. The number of hydrogen-bond donors (Lipinski definition) is 0. The van der Waals surface area contributed by atoms with E-state index in [0.717, 1.165) is 36.6 Å². The van der Waals surface area contributed by atoms with Gasteiger partial charge in [-0.25, -0.2) is 4.98 Å². The van der Waals surface area contributed by atoms with Crippen molar-refractivity contribution < 1.29 is 4.74 Å². The van der Waals surface area contributed by atoms with Gasteiger partial charge in [0.1, 0.15) is 5.01 Å². The SMILES string of the molecule is CCCC[C@@H]1CN(Cc2cc(=O)n3nc(CC)sc3n2)C[C@H](C(C)C)O1. The van der Waals surface area contributed by atoms with Gasteiger partial charge in [-0.15, -0.1) is 0 Å². The highest BCUT2D eigenvalue weighted by Gasteiger charge is 2.29. The zero-order valence-corrected chi connectivity index (χ0v) is 17.1. The van der Waals surface area contributed by atoms with Crippen molar-refractivity contribution in [2.24, 2.45) is 5.92 Å². The Hall–Kier alpha value is -1.31. The first-order valence-corrected chi connectivity index (χ1v) is 10.6. The van der Waals surface area contributed by atoms with Crippen LogP contribution in [0.15, 0.2) is 10.9 Å². The molecule has 0 amide bonds. The number of unbranched alkanes of at least 4 members (excludes halogenated alkanes) is 1. The molecular weight excluding hydrogens is 348 g/mol. The van der Waals surface area contributed by atoms with Crippen molar-refractivity contribution in [2.75, 3.05) is 13.1 Å². The Kier molecular flexibility index (Phi) is 6.42. The number of fused-ring (bicyclic) bond motifs is 1. The molecule has 2 aromatic heterocycles. The Balaban J connectivity index is 1.77. The lowest BCUT2D eigenvalue weighted by atomic mass is 10.0. The second-order valence-corrected chi connectivity index (χ2v) is 8.55. The summed E-state index contributed by atoms with van der Waals surface area (Å²) in [4.78, 5) is 20.2. The van der Waals surface area contributed by atoms with E-state index in [-0.39, 0.29) is 17.8 Å². The van der Waals surface area contributed by atoms with E-state index in [1.807, 2.05) is 6.92 Å². The fourth-order valence-corrected chi connectivity index (χ4v) is 4.24. The molecule has 6 nitrogen and oxygen atoms in total. The first kappa shape index (κ1) is 19.5. The molecular formula is C19H30N4O2S. The van der Waals surface area contributed by atoms with Crippen LogP contribution in [0, 0.1) is 5.92 Å². The molecule has 0 aromatic carbocycles. The molecule has 1 fully saturated rings. The minimum atomic E-state index is -0.0860. The van der Waals surface area contributed by atoms with Gasteiger partial charge >= 0.3 is 0 Å². The molecule has 0 N–H and O–H groups in total. The summed E-state index contributed by atoms with van der Waals surface area (Å²) in [6.45, 7) is 11.2. The van der Waals surface area contributed by atoms with Crippen LogP contribution in [0.2, 0.25) is 0 Å². The van der Waals surface area contributed by atoms with E-state index in [2.05, 4.69) is 30.8 Å². The second-order valence-electron chi connectivity index (χ2n) is 7.51. The van der Waals surface area contributed by atoms with Crippen molar-refractivity contribution in [3.8, 4) is 0 Å². The maximum atomic E-state index is 12.4. The van der Waals surface area contributed by atoms with Gasteiger partial charge in [-0.2, -0.15) is 9.61 Å². The predicted molar refractivity (Wildman–Crippen MR) is 105 cm³/mol. The van der Waals surface area contributed by atoms with Gasteiger partial charge in [-0.05, 0) is 18.8 Å². The number of morpholine rings is 1. The molecule has 1 aliphatic rings. The highest BCUT2D eigenvalue weighted by molar-refractivity contribution is 7.16. The van der Waals surface area contributed by atoms with E-state index in [1.54, 1.807) is 6.07 Å². The van der Waals surface area contributed by atoms with E-state index in [4.69, 9.17) is 9.72 Å². The van der Waals surface area contributed by atoms with Gasteiger partial charge in [0.15, 0.2) is 0 Å². The summed E-state index contributed by atoms with van der Waals surface area (Å²) in [7, 11) is 0. The molecule has 0 saturated carbocycles. The van der Waals surface area contributed by atoms with Gasteiger partial charge in [0.25, 0.3) is 5.56 Å². The topological polar surface area (TPSA) is 59.7 Å². The van der Waals surface area contributed by atoms with Crippen LogP contribution in [0.25, 0.3) is 4.96 Å². The van der Waals surface area contributed by atoms with Crippen LogP contribution in [0.4, 0.5) is 0 Å². The minimum Gasteiger partial charge on any atom is -0.372 e. The molecule has 26 heavy (non-hydrogen) atoms. The standard InChI is InChI=1S/C19H30N4O2S/c1-5-7-8-15-11-22(12-16(25-15)13(3)4)10-14-9-18(24)23-19(20-14)26-17(6-2)21-23/h9,13,15-16H,5-8,10-12H2,1-4H3/t15-,16-/m1/s1. The van der Waals surface area contributed by atoms with Crippen LogP contribution in [-0.4, -0.2) is 44.8 Å². The molecule has 1 aliphatic heterocycles. The fourth-order valence-electron chi connectivity index (χ4n) is 3.39. The Bertz CT molecular complexity index is 785. The number of hydrogen-bond acceptors (Lipinski definition) is 6. The maximum absolute atomic E-state index is 12.4. The second kappa shape index (κ2) is 8.59. The molecule has 2 aromatic rings. The van der Waals surface area contributed by atoms with Gasteiger partial charge < -0.3 is 4.74 Å². The van der Waals surface area contributed by atoms with Crippen LogP contribution in [0.5, 0.6) is 0 Å². The molecule has 0 spiro atoms. The number of rotatable bonds is 7. The summed E-state index contributed by atoms with van der Waals surface area (Å²) in [6, 6.07) is 1.63. The van der Waals surface area contributed by atoms with Crippen molar-refractivity contribution in [3.05, 3.63) is 27.1 Å². The van der Waals surface area contributed by atoms with Crippen LogP contribution in [0.1, 0.15) is 57.7 Å². The zero-order valence-electron chi connectivity index (χ0n) is 16.3. The average molecular weight is 379 g/mol. The number of aromatic nitrogens is 3. The lowest BCUT2D eigenvalue weighted by molar-refractivity contribution is -0.108. The fraction of sp³-hybridized carbons (Fsp3) is 0.737. The molecule has 0 aliphatic carbocycles. The molecule has 3 heterocycles. The first-order chi connectivity index (χ1) is 12.5. The number of nitrogens with zero attached hydrogens (tertiary/aromatic N) is 4. The molecule has 0 bridgehead atoms. The van der Waals surface area contributed by atoms with Crippen molar-refractivity contribution >= 4 is 16.3 Å². The van der Waals surface area contributed by atoms with Crippen LogP contribution in [0.3, 0.4) is 0 Å². The first-order valence-electron chi connectivity index (χ1n) is 9.76. The summed E-state index contributed by atoms with van der Waals surface area (Å²) in [5.74, 6) is 0.483. The lowest BCUT2D eigenvalue weighted by Crippen LogP contribution is -2.49. The molecule has 1 saturated heterocycles. The normalized spacial score (nSPS) is 21.7. The third-order valence-electron chi connectivity index (χ3n) is 4.92. The Morgan fingerprint density at radius 2 is 2.15 bits per heavy atom. The van der Waals surface area contributed by atoms with E-state index < -0.39 is 0 Å². The summed E-state index contributed by atoms with van der Waals surface area (Å²) >= 11 is 1.50. The summed E-state index contributed by atoms with van der Waals surface area (Å²) in [5.41, 5.74) is 0.747. The van der Waals surface area contributed by atoms with Gasteiger partial charge in [-0.3, -0.25) is 9.69 Å². The largest absolute Gasteiger partial charge is 0.372 e. The Morgan fingerprint density at radius 3 is 2.85 bits per heavy atom. The molecule has 7 heteroatoms. The van der Waals surface area contributed by atoms with Crippen LogP contribution >= 0.6 is 11.3 Å². The van der Waals surface area contributed by atoms with Crippen molar-refractivity contribution in [1.29, 1.82) is 0 Å². The smallest absolute Gasteiger partial charge is 0.275 e. The molecule has 0 unspecified atom stereocenters. The predicted octanol–water partition coefficient (Wildman–Crippen LogP) is 3.13.